The summed E-state index contributed by atoms with van der Waals surface area (Å²) in [7, 11) is 0. The molecule has 0 bridgehead atoms. The average molecular weight is 299 g/mol. The molecule has 1 nitrogen and oxygen atoms in total. The molecule has 0 aromatic rings. The van der Waals surface area contributed by atoms with Crippen molar-refractivity contribution in [1.82, 2.24) is 5.32 Å². The predicted molar refractivity (Wildman–Crippen MR) is 66.7 cm³/mol. The maximum absolute atomic E-state index is 3.50. The van der Waals surface area contributed by atoms with Gasteiger partial charge in [0.25, 0.3) is 0 Å². The Morgan fingerprint density at radius 2 is 1.75 bits per heavy atom. The predicted octanol–water partition coefficient (Wildman–Crippen LogP) is 3.33. The third kappa shape index (κ3) is 4.98. The third-order valence-corrected chi connectivity index (χ3v) is 5.99. The Morgan fingerprint density at radius 1 is 1.00 bits per heavy atom. The van der Waals surface area contributed by atoms with Gasteiger partial charge in [0.2, 0.25) is 0 Å². The zero-order chi connectivity index (χ0) is 8.65. The van der Waals surface area contributed by atoms with Crippen molar-refractivity contribution in [3.63, 3.8) is 0 Å². The molecule has 1 saturated heterocycles. The molecule has 1 fully saturated rings. The quantitative estimate of drug-likeness (QED) is 0.578. The van der Waals surface area contributed by atoms with Gasteiger partial charge in [-0.1, -0.05) is 41.1 Å². The van der Waals surface area contributed by atoms with Gasteiger partial charge in [-0.05, 0) is 44.4 Å². The lowest BCUT2D eigenvalue weighted by atomic mass is 10.1. The molecular formula is C9H19INP. The lowest BCUT2D eigenvalue weighted by Gasteiger charge is -2.15. The van der Waals surface area contributed by atoms with E-state index in [2.05, 4.69) is 27.4 Å². The first-order chi connectivity index (χ1) is 5.93. The summed E-state index contributed by atoms with van der Waals surface area (Å²) < 4.78 is 0. The normalized spacial score (nSPS) is 29.2. The molecular weight excluding hydrogens is 280 g/mol. The summed E-state index contributed by atoms with van der Waals surface area (Å²) in [6.07, 6.45) is 9.75. The zero-order valence-electron chi connectivity index (χ0n) is 7.61. The van der Waals surface area contributed by atoms with Gasteiger partial charge in [-0.25, -0.2) is 0 Å². The first kappa shape index (κ1) is 11.2. The lowest BCUT2D eigenvalue weighted by molar-refractivity contribution is 0.520. The molecule has 0 saturated carbocycles. The molecule has 12 heavy (non-hydrogen) atoms. The van der Waals surface area contributed by atoms with Crippen LogP contribution in [-0.2, 0) is 0 Å². The monoisotopic (exact) mass is 299 g/mol. The first-order valence-electron chi connectivity index (χ1n) is 5.00. The number of hydrogen-bond acceptors (Lipinski definition) is 1. The Morgan fingerprint density at radius 3 is 2.58 bits per heavy atom. The summed E-state index contributed by atoms with van der Waals surface area (Å²) in [4.78, 5) is 0. The van der Waals surface area contributed by atoms with Crippen LogP contribution < -0.4 is 5.32 Å². The highest BCUT2D eigenvalue weighted by Crippen LogP contribution is 2.34. The number of hydrogen-bond donors (Lipinski definition) is 1. The van der Waals surface area contributed by atoms with Gasteiger partial charge in [0, 0.05) is 0 Å². The fraction of sp³-hybridized carbons (Fsp3) is 1.00. The van der Waals surface area contributed by atoms with Crippen LogP contribution in [0.2, 0.25) is 0 Å². The summed E-state index contributed by atoms with van der Waals surface area (Å²) in [5.74, 6) is 0. The zero-order valence-corrected chi connectivity index (χ0v) is 10.8. The minimum absolute atomic E-state index is 1.03. The molecule has 0 aromatic carbocycles. The van der Waals surface area contributed by atoms with Gasteiger partial charge in [0.1, 0.15) is 0 Å². The van der Waals surface area contributed by atoms with Crippen LogP contribution in [0.1, 0.15) is 38.5 Å². The highest BCUT2D eigenvalue weighted by molar-refractivity contribution is 14.2. The van der Waals surface area contributed by atoms with Crippen LogP contribution in [0.15, 0.2) is 0 Å². The number of rotatable bonds is 1. The number of halogens is 1. The Labute approximate surface area is 90.7 Å². The smallest absolute Gasteiger partial charge is 0.00487 e. The van der Waals surface area contributed by atoms with Crippen LogP contribution >= 0.6 is 28.3 Å². The van der Waals surface area contributed by atoms with Gasteiger partial charge in [-0.15, -0.1) is 0 Å². The fourth-order valence-corrected chi connectivity index (χ4v) is 4.16. The van der Waals surface area contributed by atoms with E-state index >= 15 is 0 Å². The molecule has 1 rings (SSSR count). The lowest BCUT2D eigenvalue weighted by Crippen LogP contribution is -2.19. The summed E-state index contributed by atoms with van der Waals surface area (Å²) >= 11 is 2.57. The van der Waals surface area contributed by atoms with Gasteiger partial charge in [-0.2, -0.15) is 0 Å². The minimum atomic E-state index is 1.03. The van der Waals surface area contributed by atoms with E-state index in [1.54, 1.807) is 0 Å². The standard InChI is InChI=1S/C9H19INP/c10-12-9-5-2-1-3-7-11-8-4-6-9/h9,11-12H,1-8H2. The summed E-state index contributed by atoms with van der Waals surface area (Å²) in [6.45, 7) is 2.49. The van der Waals surface area contributed by atoms with Crippen molar-refractivity contribution in [2.75, 3.05) is 13.1 Å². The highest BCUT2D eigenvalue weighted by Gasteiger charge is 2.07. The van der Waals surface area contributed by atoms with Gasteiger partial charge in [0.05, 0.1) is 0 Å². The van der Waals surface area contributed by atoms with E-state index < -0.39 is 0 Å². The molecule has 0 spiro atoms. The molecule has 1 aliphatic heterocycles. The molecule has 0 aromatic heterocycles. The van der Waals surface area contributed by atoms with Gasteiger partial charge >= 0.3 is 0 Å². The molecule has 0 aliphatic carbocycles. The van der Waals surface area contributed by atoms with Crippen LogP contribution in [0.5, 0.6) is 0 Å². The molecule has 1 N–H and O–H groups in total. The molecule has 2 unspecified atom stereocenters. The van der Waals surface area contributed by atoms with Gasteiger partial charge < -0.3 is 5.32 Å². The Hall–Kier alpha value is 1.12. The van der Waals surface area contributed by atoms with E-state index in [0.29, 0.717) is 0 Å². The SMILES string of the molecule is IPC1CCCCCNCCC1. The van der Waals surface area contributed by atoms with Crippen molar-refractivity contribution in [2.45, 2.75) is 44.2 Å². The summed E-state index contributed by atoms with van der Waals surface area (Å²) in [5.41, 5.74) is 1.03. The van der Waals surface area contributed by atoms with Crippen LogP contribution in [0.25, 0.3) is 0 Å². The molecule has 1 heterocycles. The van der Waals surface area contributed by atoms with E-state index in [4.69, 9.17) is 0 Å². The van der Waals surface area contributed by atoms with Gasteiger partial charge in [0.15, 0.2) is 0 Å². The topological polar surface area (TPSA) is 12.0 Å². The fourth-order valence-electron chi connectivity index (χ4n) is 1.67. The molecule has 1 aliphatic rings. The van der Waals surface area contributed by atoms with E-state index in [1.165, 1.54) is 51.6 Å². The maximum Gasteiger partial charge on any atom is -0.00487 e. The maximum atomic E-state index is 3.50. The molecule has 3 heteroatoms. The van der Waals surface area contributed by atoms with E-state index in [9.17, 15) is 0 Å². The largest absolute Gasteiger partial charge is 0.317 e. The second kappa shape index (κ2) is 7.52. The van der Waals surface area contributed by atoms with Crippen LogP contribution in [0.3, 0.4) is 0 Å². The minimum Gasteiger partial charge on any atom is -0.317 e. The van der Waals surface area contributed by atoms with Gasteiger partial charge in [-0.3, -0.25) is 0 Å². The van der Waals surface area contributed by atoms with Crippen LogP contribution in [0.4, 0.5) is 0 Å². The molecule has 2 atom stereocenters. The second-order valence-electron chi connectivity index (χ2n) is 3.55. The Balaban J connectivity index is 2.17. The third-order valence-electron chi connectivity index (χ3n) is 2.47. The van der Waals surface area contributed by atoms with E-state index in [1.807, 2.05) is 0 Å². The van der Waals surface area contributed by atoms with Crippen LogP contribution in [0, 0.1) is 0 Å². The van der Waals surface area contributed by atoms with E-state index in [0.717, 1.165) is 11.9 Å². The first-order valence-corrected chi connectivity index (χ1v) is 9.19. The molecule has 0 radical (unpaired) electrons. The highest BCUT2D eigenvalue weighted by atomic mass is 127. The second-order valence-corrected chi connectivity index (χ2v) is 6.45. The van der Waals surface area contributed by atoms with Crippen molar-refractivity contribution >= 4 is 28.3 Å². The average Bonchev–Trinajstić information content (AvgIpc) is 2.14. The van der Waals surface area contributed by atoms with Crippen molar-refractivity contribution < 1.29 is 0 Å². The number of nitrogens with one attached hydrogen (secondary N) is 1. The van der Waals surface area contributed by atoms with Crippen molar-refractivity contribution in [1.29, 1.82) is 0 Å². The van der Waals surface area contributed by atoms with E-state index in [-0.39, 0.29) is 0 Å². The van der Waals surface area contributed by atoms with Crippen molar-refractivity contribution in [2.24, 2.45) is 0 Å². The molecule has 0 amide bonds. The van der Waals surface area contributed by atoms with Crippen LogP contribution in [-0.4, -0.2) is 18.7 Å². The Kier molecular flexibility index (Phi) is 7.01. The van der Waals surface area contributed by atoms with Crippen molar-refractivity contribution in [3.8, 4) is 0 Å². The Bertz CT molecular complexity index is 101. The summed E-state index contributed by atoms with van der Waals surface area (Å²) in [6, 6.07) is 0. The molecule has 72 valence electrons. The summed E-state index contributed by atoms with van der Waals surface area (Å²) in [5, 5.41) is 3.50. The van der Waals surface area contributed by atoms with Crippen molar-refractivity contribution in [3.05, 3.63) is 0 Å².